The van der Waals surface area contributed by atoms with E-state index in [4.69, 9.17) is 4.98 Å². The fourth-order valence-corrected chi connectivity index (χ4v) is 5.10. The molecule has 0 saturated carbocycles. The van der Waals surface area contributed by atoms with Crippen molar-refractivity contribution >= 4 is 45.3 Å². The molecule has 2 aromatic heterocycles. The second-order valence-electron chi connectivity index (χ2n) is 7.30. The summed E-state index contributed by atoms with van der Waals surface area (Å²) in [6, 6.07) is 20.7. The number of hydrogen-bond donors (Lipinski definition) is 2. The Morgan fingerprint density at radius 1 is 1.09 bits per heavy atom. The number of thiophene rings is 1. The molecule has 7 nitrogen and oxygen atoms in total. The molecule has 0 aliphatic heterocycles. The molecule has 172 valence electrons. The number of fused-ring (bicyclic) bond motifs is 1. The molecule has 3 amide bonds. The maximum absolute atomic E-state index is 13.5. The number of amides is 3. The SMILES string of the molecule is C=CCNC(=O)NC(=O)CSc1nc2cc(-c3ccccc3)sc2c(=O)n1Cc1ccccc1. The Balaban J connectivity index is 1.66. The summed E-state index contributed by atoms with van der Waals surface area (Å²) in [6.45, 7) is 4.09. The van der Waals surface area contributed by atoms with Crippen molar-refractivity contribution in [3.05, 3.63) is 95.3 Å². The summed E-state index contributed by atoms with van der Waals surface area (Å²) >= 11 is 2.52. The summed E-state index contributed by atoms with van der Waals surface area (Å²) in [5.74, 6) is -0.549. The number of rotatable bonds is 8. The second kappa shape index (κ2) is 11.0. The summed E-state index contributed by atoms with van der Waals surface area (Å²) < 4.78 is 2.14. The fraction of sp³-hybridized carbons (Fsp3) is 0.120. The summed E-state index contributed by atoms with van der Waals surface area (Å²) in [5.41, 5.74) is 2.39. The van der Waals surface area contributed by atoms with Crippen molar-refractivity contribution in [3.63, 3.8) is 0 Å². The van der Waals surface area contributed by atoms with Crippen LogP contribution < -0.4 is 16.2 Å². The topological polar surface area (TPSA) is 93.1 Å². The van der Waals surface area contributed by atoms with Crippen molar-refractivity contribution in [1.29, 1.82) is 0 Å². The molecule has 4 rings (SSSR count). The van der Waals surface area contributed by atoms with Crippen molar-refractivity contribution in [2.45, 2.75) is 11.7 Å². The van der Waals surface area contributed by atoms with Gasteiger partial charge in [0.05, 0.1) is 17.8 Å². The molecule has 9 heteroatoms. The molecular weight excluding hydrogens is 468 g/mol. The molecule has 0 unspecified atom stereocenters. The van der Waals surface area contributed by atoms with Crippen LogP contribution in [0.5, 0.6) is 0 Å². The van der Waals surface area contributed by atoms with Gasteiger partial charge >= 0.3 is 6.03 Å². The van der Waals surface area contributed by atoms with Crippen LogP contribution in [0.3, 0.4) is 0 Å². The highest BCUT2D eigenvalue weighted by atomic mass is 32.2. The van der Waals surface area contributed by atoms with Crippen LogP contribution in [0.4, 0.5) is 4.79 Å². The van der Waals surface area contributed by atoms with Crippen LogP contribution in [-0.4, -0.2) is 33.8 Å². The highest BCUT2D eigenvalue weighted by molar-refractivity contribution is 7.99. The van der Waals surface area contributed by atoms with E-state index in [2.05, 4.69) is 17.2 Å². The molecule has 0 aliphatic carbocycles. The molecule has 0 saturated heterocycles. The average Bonchev–Trinajstić information content (AvgIpc) is 3.29. The number of nitrogens with one attached hydrogen (secondary N) is 2. The summed E-state index contributed by atoms with van der Waals surface area (Å²) in [4.78, 5) is 43.1. The smallest absolute Gasteiger partial charge is 0.321 e. The first-order valence-electron chi connectivity index (χ1n) is 10.5. The van der Waals surface area contributed by atoms with Gasteiger partial charge in [0.25, 0.3) is 5.56 Å². The first-order chi connectivity index (χ1) is 16.5. The molecule has 4 aromatic rings. The van der Waals surface area contributed by atoms with Gasteiger partial charge in [-0.3, -0.25) is 19.5 Å². The number of imide groups is 1. The summed E-state index contributed by atoms with van der Waals surface area (Å²) in [6.07, 6.45) is 1.52. The minimum Gasteiger partial charge on any atom is -0.334 e. The molecule has 0 fully saturated rings. The molecule has 2 N–H and O–H groups in total. The summed E-state index contributed by atoms with van der Waals surface area (Å²) in [7, 11) is 0. The van der Waals surface area contributed by atoms with Gasteiger partial charge in [0.2, 0.25) is 5.91 Å². The van der Waals surface area contributed by atoms with Gasteiger partial charge in [0.1, 0.15) is 4.70 Å². The Labute approximate surface area is 204 Å². The lowest BCUT2D eigenvalue weighted by Gasteiger charge is -2.12. The molecule has 0 aliphatic rings. The van der Waals surface area contributed by atoms with Crippen molar-refractivity contribution in [2.24, 2.45) is 0 Å². The van der Waals surface area contributed by atoms with E-state index in [9.17, 15) is 14.4 Å². The van der Waals surface area contributed by atoms with Gasteiger partial charge in [-0.2, -0.15) is 0 Å². The van der Waals surface area contributed by atoms with Gasteiger partial charge in [0, 0.05) is 11.4 Å². The van der Waals surface area contributed by atoms with Crippen LogP contribution in [0, 0.1) is 0 Å². The zero-order valence-corrected chi connectivity index (χ0v) is 19.8. The molecule has 0 atom stereocenters. The number of nitrogens with zero attached hydrogens (tertiary/aromatic N) is 2. The van der Waals surface area contributed by atoms with Gasteiger partial charge in [0.15, 0.2) is 5.16 Å². The van der Waals surface area contributed by atoms with E-state index in [-0.39, 0.29) is 17.9 Å². The van der Waals surface area contributed by atoms with E-state index < -0.39 is 11.9 Å². The third kappa shape index (κ3) is 5.62. The Morgan fingerprint density at radius 2 is 1.79 bits per heavy atom. The molecular formula is C25H22N4O3S2. The van der Waals surface area contributed by atoms with Gasteiger partial charge in [-0.1, -0.05) is 78.5 Å². The van der Waals surface area contributed by atoms with Crippen molar-refractivity contribution in [2.75, 3.05) is 12.3 Å². The molecule has 34 heavy (non-hydrogen) atoms. The quantitative estimate of drug-likeness (QED) is 0.219. The van der Waals surface area contributed by atoms with E-state index in [1.807, 2.05) is 66.7 Å². The lowest BCUT2D eigenvalue weighted by molar-refractivity contribution is -0.117. The fourth-order valence-electron chi connectivity index (χ4n) is 3.25. The first kappa shape index (κ1) is 23.5. The highest BCUT2D eigenvalue weighted by Gasteiger charge is 2.17. The van der Waals surface area contributed by atoms with Gasteiger partial charge in [-0.15, -0.1) is 17.9 Å². The van der Waals surface area contributed by atoms with E-state index in [0.29, 0.717) is 21.9 Å². The van der Waals surface area contributed by atoms with Gasteiger partial charge in [-0.25, -0.2) is 9.78 Å². The number of hydrogen-bond acceptors (Lipinski definition) is 6. The zero-order valence-electron chi connectivity index (χ0n) is 18.2. The van der Waals surface area contributed by atoms with E-state index >= 15 is 0 Å². The van der Waals surface area contributed by atoms with E-state index in [0.717, 1.165) is 27.8 Å². The highest BCUT2D eigenvalue weighted by Crippen LogP contribution is 2.32. The number of carbonyl (C=O) groups excluding carboxylic acids is 2. The number of carbonyl (C=O) groups is 2. The van der Waals surface area contributed by atoms with E-state index in [1.54, 1.807) is 4.57 Å². The molecule has 0 spiro atoms. The minimum atomic E-state index is -0.596. The standard InChI is InChI=1S/C25H22N4O3S2/c1-2-13-26-24(32)28-21(30)16-33-25-27-19-14-20(18-11-7-4-8-12-18)34-22(19)23(31)29(25)15-17-9-5-3-6-10-17/h2-12,14H,1,13,15-16H2,(H2,26,28,30,32). The predicted octanol–water partition coefficient (Wildman–Crippen LogP) is 4.28. The monoisotopic (exact) mass is 490 g/mol. The second-order valence-corrected chi connectivity index (χ2v) is 9.29. The Morgan fingerprint density at radius 3 is 2.50 bits per heavy atom. The van der Waals surface area contributed by atoms with Gasteiger partial charge in [-0.05, 0) is 17.2 Å². The third-order valence-corrected chi connectivity index (χ3v) is 6.97. The van der Waals surface area contributed by atoms with Gasteiger partial charge < -0.3 is 5.32 Å². The maximum Gasteiger partial charge on any atom is 0.321 e. The Hall–Kier alpha value is -3.69. The predicted molar refractivity (Wildman–Crippen MR) is 137 cm³/mol. The number of aromatic nitrogens is 2. The molecule has 0 bridgehead atoms. The molecule has 2 heterocycles. The molecule has 0 radical (unpaired) electrons. The average molecular weight is 491 g/mol. The van der Waals surface area contributed by atoms with Crippen molar-refractivity contribution < 1.29 is 9.59 Å². The number of benzene rings is 2. The Kier molecular flexibility index (Phi) is 7.56. The number of urea groups is 1. The van der Waals surface area contributed by atoms with Crippen LogP contribution in [0.25, 0.3) is 20.7 Å². The zero-order chi connectivity index (χ0) is 23.9. The normalized spacial score (nSPS) is 10.7. The first-order valence-corrected chi connectivity index (χ1v) is 12.3. The third-order valence-electron chi connectivity index (χ3n) is 4.83. The minimum absolute atomic E-state index is 0.0656. The van der Waals surface area contributed by atoms with E-state index in [1.165, 1.54) is 17.4 Å². The van der Waals surface area contributed by atoms with Crippen LogP contribution in [-0.2, 0) is 11.3 Å². The summed E-state index contributed by atoms with van der Waals surface area (Å²) in [5, 5.41) is 5.17. The van der Waals surface area contributed by atoms with Crippen LogP contribution in [0.2, 0.25) is 0 Å². The maximum atomic E-state index is 13.5. The Bertz CT molecular complexity index is 1380. The van der Waals surface area contributed by atoms with Crippen molar-refractivity contribution in [3.8, 4) is 10.4 Å². The van der Waals surface area contributed by atoms with Crippen molar-refractivity contribution in [1.82, 2.24) is 20.2 Å². The van der Waals surface area contributed by atoms with Crippen LogP contribution >= 0.6 is 23.1 Å². The largest absolute Gasteiger partial charge is 0.334 e. The lowest BCUT2D eigenvalue weighted by atomic mass is 10.2. The lowest BCUT2D eigenvalue weighted by Crippen LogP contribution is -2.40. The number of thioether (sulfide) groups is 1. The molecule has 2 aromatic carbocycles. The van der Waals surface area contributed by atoms with Crippen LogP contribution in [0.1, 0.15) is 5.56 Å². The van der Waals surface area contributed by atoms with Crippen LogP contribution in [0.15, 0.2) is 89.3 Å².